The molecule has 0 unspecified atom stereocenters. The van der Waals surface area contributed by atoms with Crippen molar-refractivity contribution in [2.75, 3.05) is 33.9 Å². The number of unbranched alkanes of at least 4 members (excludes halogenated alkanes) is 7. The molecule has 0 atom stereocenters. The van der Waals surface area contributed by atoms with Crippen LogP contribution in [0, 0.1) is 0 Å². The summed E-state index contributed by atoms with van der Waals surface area (Å²) in [5, 5.41) is 0. The second-order valence-electron chi connectivity index (χ2n) is 10.3. The number of quaternary nitrogens is 1. The average molecular weight is 483 g/mol. The van der Waals surface area contributed by atoms with Crippen molar-refractivity contribution in [1.82, 2.24) is 0 Å². The first-order valence-corrected chi connectivity index (χ1v) is 13.7. The van der Waals surface area contributed by atoms with Gasteiger partial charge in [-0.05, 0) is 30.5 Å². The minimum absolute atomic E-state index is 0.144. The number of hydrogen-bond acceptors (Lipinski definition) is 3. The zero-order chi connectivity index (χ0) is 25.2. The van der Waals surface area contributed by atoms with E-state index < -0.39 is 0 Å². The zero-order valence-electron chi connectivity index (χ0n) is 22.5. The van der Waals surface area contributed by atoms with Gasteiger partial charge in [0, 0.05) is 12.0 Å². The van der Waals surface area contributed by atoms with Crippen molar-refractivity contribution < 1.29 is 18.8 Å². The summed E-state index contributed by atoms with van der Waals surface area (Å²) < 4.78 is 12.0. The molecule has 2 rings (SSSR count). The number of esters is 1. The molecule has 0 spiro atoms. The van der Waals surface area contributed by atoms with E-state index in [0.717, 1.165) is 36.2 Å². The van der Waals surface area contributed by atoms with Crippen LogP contribution >= 0.6 is 0 Å². The van der Waals surface area contributed by atoms with Crippen molar-refractivity contribution in [3.8, 4) is 5.75 Å². The Balaban J connectivity index is 1.50. The van der Waals surface area contributed by atoms with Crippen molar-refractivity contribution in [2.24, 2.45) is 0 Å². The summed E-state index contributed by atoms with van der Waals surface area (Å²) in [5.74, 6) is 0.690. The van der Waals surface area contributed by atoms with Gasteiger partial charge in [0.25, 0.3) is 0 Å². The highest BCUT2D eigenvalue weighted by molar-refractivity contribution is 5.69. The van der Waals surface area contributed by atoms with Crippen molar-refractivity contribution >= 4 is 5.97 Å². The molecule has 0 N–H and O–H groups in total. The van der Waals surface area contributed by atoms with Gasteiger partial charge in [-0.25, -0.2) is 0 Å². The van der Waals surface area contributed by atoms with Crippen LogP contribution in [0.25, 0.3) is 0 Å². The maximum absolute atomic E-state index is 12.1. The average Bonchev–Trinajstić information content (AvgIpc) is 2.84. The van der Waals surface area contributed by atoms with Crippen LogP contribution in [0.15, 0.2) is 54.6 Å². The molecule has 0 bridgehead atoms. The molecule has 0 saturated carbocycles. The number of ether oxygens (including phenoxy) is 2. The van der Waals surface area contributed by atoms with Gasteiger partial charge in [0.15, 0.2) is 0 Å². The third-order valence-electron chi connectivity index (χ3n) is 6.46. The maximum Gasteiger partial charge on any atom is 0.306 e. The SMILES string of the molecule is CCCCCCCCCCc1ccc(OCCOC(=O)CCC[N+](C)(C)Cc2ccccc2)cc1. The molecule has 0 heterocycles. The molecule has 0 fully saturated rings. The Morgan fingerprint density at radius 2 is 1.40 bits per heavy atom. The number of carbonyl (C=O) groups is 1. The summed E-state index contributed by atoms with van der Waals surface area (Å²) in [6.45, 7) is 4.84. The first-order valence-electron chi connectivity index (χ1n) is 13.7. The van der Waals surface area contributed by atoms with Crippen LogP contribution in [-0.4, -0.2) is 44.3 Å². The van der Waals surface area contributed by atoms with E-state index in [1.807, 2.05) is 18.2 Å². The molecule has 4 nitrogen and oxygen atoms in total. The minimum Gasteiger partial charge on any atom is -0.490 e. The van der Waals surface area contributed by atoms with Crippen LogP contribution in [0.5, 0.6) is 5.75 Å². The van der Waals surface area contributed by atoms with E-state index >= 15 is 0 Å². The lowest BCUT2D eigenvalue weighted by Gasteiger charge is -2.29. The summed E-state index contributed by atoms with van der Waals surface area (Å²) in [5.41, 5.74) is 2.68. The van der Waals surface area contributed by atoms with Gasteiger partial charge in [-0.1, -0.05) is 94.3 Å². The molecule has 0 saturated heterocycles. The van der Waals surface area contributed by atoms with Gasteiger partial charge < -0.3 is 14.0 Å². The Morgan fingerprint density at radius 1 is 0.743 bits per heavy atom. The molecule has 0 aliphatic heterocycles. The van der Waals surface area contributed by atoms with E-state index in [2.05, 4.69) is 57.4 Å². The Kier molecular flexibility index (Phi) is 14.2. The fourth-order valence-electron chi connectivity index (χ4n) is 4.41. The van der Waals surface area contributed by atoms with Gasteiger partial charge in [-0.3, -0.25) is 4.79 Å². The Hall–Kier alpha value is -2.33. The van der Waals surface area contributed by atoms with Crippen molar-refractivity contribution in [2.45, 2.75) is 84.1 Å². The lowest BCUT2D eigenvalue weighted by Crippen LogP contribution is -2.39. The van der Waals surface area contributed by atoms with Gasteiger partial charge in [-0.2, -0.15) is 0 Å². The topological polar surface area (TPSA) is 35.5 Å². The van der Waals surface area contributed by atoms with Crippen LogP contribution in [0.3, 0.4) is 0 Å². The second kappa shape index (κ2) is 17.2. The van der Waals surface area contributed by atoms with E-state index in [1.165, 1.54) is 62.5 Å². The third-order valence-corrected chi connectivity index (χ3v) is 6.46. The van der Waals surface area contributed by atoms with Crippen molar-refractivity contribution in [3.63, 3.8) is 0 Å². The Bertz CT molecular complexity index is 802. The number of nitrogens with zero attached hydrogens (tertiary/aromatic N) is 1. The molecule has 0 aromatic heterocycles. The quantitative estimate of drug-likeness (QED) is 0.119. The summed E-state index contributed by atoms with van der Waals surface area (Å²) in [6.07, 6.45) is 13.2. The maximum atomic E-state index is 12.1. The number of rotatable bonds is 19. The molecule has 4 heteroatoms. The zero-order valence-corrected chi connectivity index (χ0v) is 22.5. The molecule has 2 aromatic carbocycles. The number of benzene rings is 2. The summed E-state index contributed by atoms with van der Waals surface area (Å²) >= 11 is 0. The monoisotopic (exact) mass is 482 g/mol. The van der Waals surface area contributed by atoms with Crippen LogP contribution in [0.1, 0.15) is 82.3 Å². The predicted octanol–water partition coefficient (Wildman–Crippen LogP) is 7.35. The highest BCUT2D eigenvalue weighted by Crippen LogP contribution is 2.16. The van der Waals surface area contributed by atoms with Crippen LogP contribution < -0.4 is 4.74 Å². The van der Waals surface area contributed by atoms with Crippen molar-refractivity contribution in [3.05, 3.63) is 65.7 Å². The third kappa shape index (κ3) is 14.0. The smallest absolute Gasteiger partial charge is 0.306 e. The first kappa shape index (κ1) is 28.9. The first-order chi connectivity index (χ1) is 17.0. The van der Waals surface area contributed by atoms with E-state index in [-0.39, 0.29) is 5.97 Å². The Labute approximate surface area is 214 Å². The summed E-state index contributed by atoms with van der Waals surface area (Å²) in [7, 11) is 4.40. The fraction of sp³-hybridized carbons (Fsp3) is 0.581. The number of hydrogen-bond donors (Lipinski definition) is 0. The molecule has 0 amide bonds. The highest BCUT2D eigenvalue weighted by Gasteiger charge is 2.16. The predicted molar refractivity (Wildman–Crippen MR) is 146 cm³/mol. The molecule has 35 heavy (non-hydrogen) atoms. The van der Waals surface area contributed by atoms with Crippen molar-refractivity contribution in [1.29, 1.82) is 0 Å². The molecular formula is C31H48NO3+. The summed E-state index contributed by atoms with van der Waals surface area (Å²) in [4.78, 5) is 12.1. The Morgan fingerprint density at radius 3 is 2.09 bits per heavy atom. The van der Waals surface area contributed by atoms with E-state index in [0.29, 0.717) is 19.6 Å². The van der Waals surface area contributed by atoms with E-state index in [1.54, 1.807) is 0 Å². The van der Waals surface area contributed by atoms with Gasteiger partial charge >= 0.3 is 5.97 Å². The number of carbonyl (C=O) groups excluding carboxylic acids is 1. The highest BCUT2D eigenvalue weighted by atomic mass is 16.6. The molecule has 194 valence electrons. The van der Waals surface area contributed by atoms with Gasteiger partial charge in [0.05, 0.1) is 27.1 Å². The second-order valence-corrected chi connectivity index (χ2v) is 10.3. The van der Waals surface area contributed by atoms with Crippen LogP contribution in [0.2, 0.25) is 0 Å². The molecule has 0 radical (unpaired) electrons. The number of aryl methyl sites for hydroxylation is 1. The molecular weight excluding hydrogens is 434 g/mol. The van der Waals surface area contributed by atoms with Gasteiger partial charge in [0.1, 0.15) is 25.5 Å². The molecule has 0 aliphatic carbocycles. The van der Waals surface area contributed by atoms with Gasteiger partial charge in [-0.15, -0.1) is 0 Å². The molecule has 2 aromatic rings. The summed E-state index contributed by atoms with van der Waals surface area (Å²) in [6, 6.07) is 18.8. The normalized spacial score (nSPS) is 11.4. The standard InChI is InChI=1S/C31H48NO3/c1-4-5-6-7-8-9-10-12-16-28-20-22-30(23-21-28)34-25-26-35-31(33)19-15-24-32(2,3)27-29-17-13-11-14-18-29/h11,13-14,17-18,20-23H,4-10,12,15-16,19,24-27H2,1-3H3/q+1. The lowest BCUT2D eigenvalue weighted by molar-refractivity contribution is -0.903. The lowest BCUT2D eigenvalue weighted by atomic mass is 10.0. The van der Waals surface area contributed by atoms with Gasteiger partial charge in [0.2, 0.25) is 0 Å². The minimum atomic E-state index is -0.144. The van der Waals surface area contributed by atoms with Crippen LogP contribution in [-0.2, 0) is 22.5 Å². The van der Waals surface area contributed by atoms with E-state index in [9.17, 15) is 4.79 Å². The van der Waals surface area contributed by atoms with Crippen LogP contribution in [0.4, 0.5) is 0 Å². The van der Waals surface area contributed by atoms with E-state index in [4.69, 9.17) is 9.47 Å². The fourth-order valence-corrected chi connectivity index (χ4v) is 4.41. The molecule has 0 aliphatic rings. The largest absolute Gasteiger partial charge is 0.490 e.